The van der Waals surface area contributed by atoms with Gasteiger partial charge in [0.15, 0.2) is 0 Å². The quantitative estimate of drug-likeness (QED) is 0.744. The van der Waals surface area contributed by atoms with E-state index in [4.69, 9.17) is 5.11 Å². The molecule has 0 aromatic heterocycles. The number of aliphatic hydroxyl groups is 1. The van der Waals surface area contributed by atoms with Gasteiger partial charge in [-0.3, -0.25) is 0 Å². The van der Waals surface area contributed by atoms with E-state index in [1.807, 2.05) is 0 Å². The molecule has 1 N–H and O–H groups in total. The standard InChI is InChI=1S/C8H7BrF2O/c1-4-7(10)5(3-12)2-6(9)8(4)11/h2,12H,3H2,1H3. The fourth-order valence-corrected chi connectivity index (χ4v) is 1.48. The highest BCUT2D eigenvalue weighted by molar-refractivity contribution is 9.10. The first kappa shape index (κ1) is 9.61. The van der Waals surface area contributed by atoms with Gasteiger partial charge in [-0.15, -0.1) is 0 Å². The summed E-state index contributed by atoms with van der Waals surface area (Å²) in [5.41, 5.74) is 0.0224. The molecule has 1 aromatic carbocycles. The molecule has 0 spiro atoms. The number of hydrogen-bond donors (Lipinski definition) is 1. The topological polar surface area (TPSA) is 20.2 Å². The predicted octanol–water partition coefficient (Wildman–Crippen LogP) is 2.53. The number of aliphatic hydroxyl groups excluding tert-OH is 1. The third-order valence-electron chi connectivity index (χ3n) is 1.62. The van der Waals surface area contributed by atoms with Gasteiger partial charge in [0.2, 0.25) is 0 Å². The lowest BCUT2D eigenvalue weighted by Gasteiger charge is -2.05. The molecule has 0 fully saturated rings. The average molecular weight is 237 g/mol. The highest BCUT2D eigenvalue weighted by Gasteiger charge is 2.12. The van der Waals surface area contributed by atoms with Gasteiger partial charge in [-0.1, -0.05) is 0 Å². The van der Waals surface area contributed by atoms with Crippen molar-refractivity contribution >= 4 is 15.9 Å². The number of hydrogen-bond acceptors (Lipinski definition) is 1. The SMILES string of the molecule is Cc1c(F)c(Br)cc(CO)c1F. The van der Waals surface area contributed by atoms with Crippen molar-refractivity contribution < 1.29 is 13.9 Å². The van der Waals surface area contributed by atoms with Gasteiger partial charge in [0.05, 0.1) is 11.1 Å². The Morgan fingerprint density at radius 3 is 2.50 bits per heavy atom. The molecule has 12 heavy (non-hydrogen) atoms. The Bertz CT molecular complexity index is 312. The lowest BCUT2D eigenvalue weighted by molar-refractivity contribution is 0.275. The van der Waals surface area contributed by atoms with Crippen LogP contribution in [-0.2, 0) is 6.61 Å². The van der Waals surface area contributed by atoms with E-state index >= 15 is 0 Å². The van der Waals surface area contributed by atoms with Crippen molar-refractivity contribution in [1.29, 1.82) is 0 Å². The molecule has 0 unspecified atom stereocenters. The van der Waals surface area contributed by atoms with Gasteiger partial charge >= 0.3 is 0 Å². The van der Waals surface area contributed by atoms with E-state index in [0.717, 1.165) is 0 Å². The molecule has 0 atom stereocenters. The van der Waals surface area contributed by atoms with Crippen LogP contribution in [-0.4, -0.2) is 5.11 Å². The van der Waals surface area contributed by atoms with Crippen molar-refractivity contribution in [2.75, 3.05) is 0 Å². The van der Waals surface area contributed by atoms with Crippen molar-refractivity contribution in [3.05, 3.63) is 33.3 Å². The monoisotopic (exact) mass is 236 g/mol. The first-order valence-electron chi connectivity index (χ1n) is 3.31. The van der Waals surface area contributed by atoms with Crippen LogP contribution in [0.2, 0.25) is 0 Å². The van der Waals surface area contributed by atoms with E-state index in [9.17, 15) is 8.78 Å². The fraction of sp³-hybridized carbons (Fsp3) is 0.250. The minimum absolute atomic E-state index is 0.0755. The van der Waals surface area contributed by atoms with Crippen LogP contribution in [0.4, 0.5) is 8.78 Å². The summed E-state index contributed by atoms with van der Waals surface area (Å²) < 4.78 is 26.1. The van der Waals surface area contributed by atoms with E-state index in [1.54, 1.807) is 0 Å². The summed E-state index contributed by atoms with van der Waals surface area (Å²) >= 11 is 2.92. The molecule has 1 rings (SSSR count). The normalized spacial score (nSPS) is 10.4. The van der Waals surface area contributed by atoms with Gasteiger partial charge in [0.1, 0.15) is 11.6 Å². The van der Waals surface area contributed by atoms with E-state index in [1.165, 1.54) is 13.0 Å². The van der Waals surface area contributed by atoms with Crippen molar-refractivity contribution in [3.63, 3.8) is 0 Å². The average Bonchev–Trinajstić information content (AvgIpc) is 2.08. The van der Waals surface area contributed by atoms with Crippen LogP contribution in [0.25, 0.3) is 0 Å². The van der Waals surface area contributed by atoms with Gasteiger partial charge in [0.25, 0.3) is 0 Å². The molecule has 66 valence electrons. The van der Waals surface area contributed by atoms with Crippen molar-refractivity contribution in [3.8, 4) is 0 Å². The van der Waals surface area contributed by atoms with Crippen LogP contribution in [0, 0.1) is 18.6 Å². The summed E-state index contributed by atoms with van der Waals surface area (Å²) in [6, 6.07) is 1.23. The minimum Gasteiger partial charge on any atom is -0.392 e. The molecule has 0 saturated heterocycles. The number of benzene rings is 1. The lowest BCUT2D eigenvalue weighted by Crippen LogP contribution is -1.97. The summed E-state index contributed by atoms with van der Waals surface area (Å²) in [7, 11) is 0. The summed E-state index contributed by atoms with van der Waals surface area (Å²) in [4.78, 5) is 0. The molecule has 4 heteroatoms. The first-order valence-corrected chi connectivity index (χ1v) is 4.11. The fourth-order valence-electron chi connectivity index (χ4n) is 0.911. The maximum atomic E-state index is 13.0. The molecular weight excluding hydrogens is 230 g/mol. The van der Waals surface area contributed by atoms with Crippen LogP contribution in [0.15, 0.2) is 10.5 Å². The lowest BCUT2D eigenvalue weighted by atomic mass is 10.1. The van der Waals surface area contributed by atoms with E-state index in [-0.39, 0.29) is 15.6 Å². The molecule has 0 aliphatic rings. The largest absolute Gasteiger partial charge is 0.392 e. The second-order valence-corrected chi connectivity index (χ2v) is 3.28. The summed E-state index contributed by atoms with van der Waals surface area (Å²) in [5, 5.41) is 8.67. The maximum Gasteiger partial charge on any atom is 0.143 e. The Labute approximate surface area is 77.2 Å². The highest BCUT2D eigenvalue weighted by atomic mass is 79.9. The van der Waals surface area contributed by atoms with Crippen molar-refractivity contribution in [1.82, 2.24) is 0 Å². The molecule has 0 aliphatic carbocycles. The molecule has 0 radical (unpaired) electrons. The molecule has 0 aliphatic heterocycles. The van der Waals surface area contributed by atoms with Crippen LogP contribution in [0.1, 0.15) is 11.1 Å². The molecule has 0 heterocycles. The third kappa shape index (κ3) is 1.49. The second kappa shape index (κ2) is 3.49. The van der Waals surface area contributed by atoms with E-state index in [0.29, 0.717) is 0 Å². The Morgan fingerprint density at radius 2 is 2.00 bits per heavy atom. The molecule has 1 nitrogen and oxygen atoms in total. The maximum absolute atomic E-state index is 13.0. The van der Waals surface area contributed by atoms with Crippen LogP contribution in [0.3, 0.4) is 0 Å². The van der Waals surface area contributed by atoms with Crippen LogP contribution < -0.4 is 0 Å². The molecule has 0 amide bonds. The van der Waals surface area contributed by atoms with Gasteiger partial charge in [-0.05, 0) is 28.9 Å². The third-order valence-corrected chi connectivity index (χ3v) is 2.20. The molecule has 0 saturated carbocycles. The van der Waals surface area contributed by atoms with Gasteiger partial charge < -0.3 is 5.11 Å². The summed E-state index contributed by atoms with van der Waals surface area (Å²) in [5.74, 6) is -1.30. The van der Waals surface area contributed by atoms with Gasteiger partial charge in [0, 0.05) is 11.1 Å². The minimum atomic E-state index is -0.682. The molecular formula is C8H7BrF2O. The second-order valence-electron chi connectivity index (χ2n) is 2.43. The number of rotatable bonds is 1. The van der Waals surface area contributed by atoms with Gasteiger partial charge in [-0.2, -0.15) is 0 Å². The van der Waals surface area contributed by atoms with E-state index in [2.05, 4.69) is 15.9 Å². The summed E-state index contributed by atoms with van der Waals surface area (Å²) in [6.45, 7) is 0.903. The van der Waals surface area contributed by atoms with Crippen molar-refractivity contribution in [2.45, 2.75) is 13.5 Å². The van der Waals surface area contributed by atoms with Crippen LogP contribution in [0.5, 0.6) is 0 Å². The van der Waals surface area contributed by atoms with Crippen molar-refractivity contribution in [2.24, 2.45) is 0 Å². The first-order chi connectivity index (χ1) is 5.57. The zero-order chi connectivity index (χ0) is 9.30. The smallest absolute Gasteiger partial charge is 0.143 e. The van der Waals surface area contributed by atoms with E-state index < -0.39 is 18.2 Å². The Morgan fingerprint density at radius 1 is 1.42 bits per heavy atom. The Kier molecular flexibility index (Phi) is 2.80. The predicted molar refractivity (Wildman–Crippen MR) is 44.7 cm³/mol. The van der Waals surface area contributed by atoms with Crippen LogP contribution >= 0.6 is 15.9 Å². The number of halogens is 3. The Balaban J connectivity index is 3.39. The van der Waals surface area contributed by atoms with Gasteiger partial charge in [-0.25, -0.2) is 8.78 Å². The molecule has 0 bridgehead atoms. The summed E-state index contributed by atoms with van der Waals surface area (Å²) in [6.07, 6.45) is 0. The zero-order valence-electron chi connectivity index (χ0n) is 6.37. The highest BCUT2D eigenvalue weighted by Crippen LogP contribution is 2.24. The molecule has 1 aromatic rings. The zero-order valence-corrected chi connectivity index (χ0v) is 7.95. The Hall–Kier alpha value is -0.480.